The van der Waals surface area contributed by atoms with Crippen LogP contribution in [0.1, 0.15) is 47.0 Å². The molecule has 0 bridgehead atoms. The first-order chi connectivity index (χ1) is 8.90. The first-order valence-electron chi connectivity index (χ1n) is 6.72. The van der Waals surface area contributed by atoms with E-state index in [0.29, 0.717) is 19.6 Å². The molecule has 0 heterocycles. The average molecular weight is 273 g/mol. The molecular formula is C13H27N3O3. The Balaban J connectivity index is 4.38. The number of hydrogen-bond acceptors (Lipinski definition) is 5. The minimum absolute atomic E-state index is 0.320. The molecule has 0 rings (SSSR count). The van der Waals surface area contributed by atoms with E-state index in [1.807, 2.05) is 27.7 Å². The van der Waals surface area contributed by atoms with Crippen molar-refractivity contribution in [1.82, 2.24) is 5.48 Å². The van der Waals surface area contributed by atoms with Gasteiger partial charge in [0.2, 0.25) is 0 Å². The van der Waals surface area contributed by atoms with Gasteiger partial charge in [0, 0.05) is 0 Å². The highest BCUT2D eigenvalue weighted by atomic mass is 16.6. The summed E-state index contributed by atoms with van der Waals surface area (Å²) in [6, 6.07) is -0.515. The number of nitrogens with two attached hydrogens (primary N) is 1. The van der Waals surface area contributed by atoms with Crippen LogP contribution in [0.15, 0.2) is 4.99 Å². The normalized spacial score (nSPS) is 13.5. The average Bonchev–Trinajstić information content (AvgIpc) is 2.30. The maximum atomic E-state index is 12.0. The first kappa shape index (κ1) is 17.9. The van der Waals surface area contributed by atoms with Crippen LogP contribution in [0.3, 0.4) is 0 Å². The third-order valence-electron chi connectivity index (χ3n) is 2.15. The highest BCUT2D eigenvalue weighted by Gasteiger charge is 2.23. The van der Waals surface area contributed by atoms with Gasteiger partial charge in [0.25, 0.3) is 0 Å². The van der Waals surface area contributed by atoms with Gasteiger partial charge in [-0.25, -0.2) is 4.79 Å². The molecule has 0 aromatic heterocycles. The number of carbonyl (C=O) groups is 1. The summed E-state index contributed by atoms with van der Waals surface area (Å²) in [5.41, 5.74) is 7.49. The zero-order valence-electron chi connectivity index (χ0n) is 12.4. The van der Waals surface area contributed by atoms with E-state index in [4.69, 9.17) is 15.3 Å². The number of hydroxylamine groups is 1. The van der Waals surface area contributed by atoms with Crippen molar-refractivity contribution in [3.63, 3.8) is 0 Å². The molecule has 0 aliphatic carbocycles. The largest absolute Gasteiger partial charge is 0.458 e. The van der Waals surface area contributed by atoms with Crippen molar-refractivity contribution < 1.29 is 14.4 Å². The minimum Gasteiger partial charge on any atom is -0.458 e. The zero-order chi connectivity index (χ0) is 14.7. The summed E-state index contributed by atoms with van der Waals surface area (Å²) in [6.45, 7) is 8.50. The predicted octanol–water partition coefficient (Wildman–Crippen LogP) is 1.40. The molecule has 1 atom stereocenters. The SMILES string of the molecule is CCONC=N[C@@H](CCCCN)C(=O)OC(C)(C)C. The van der Waals surface area contributed by atoms with E-state index in [-0.39, 0.29) is 5.97 Å². The Kier molecular flexibility index (Phi) is 9.16. The quantitative estimate of drug-likeness (QED) is 0.218. The van der Waals surface area contributed by atoms with Gasteiger partial charge in [-0.3, -0.25) is 15.3 Å². The first-order valence-corrected chi connectivity index (χ1v) is 6.72. The van der Waals surface area contributed by atoms with E-state index >= 15 is 0 Å². The van der Waals surface area contributed by atoms with Crippen LogP contribution in [0.4, 0.5) is 0 Å². The van der Waals surface area contributed by atoms with Crippen LogP contribution < -0.4 is 11.2 Å². The lowest BCUT2D eigenvalue weighted by molar-refractivity contribution is -0.156. The number of hydrogen-bond donors (Lipinski definition) is 2. The number of rotatable bonds is 9. The molecule has 0 unspecified atom stereocenters. The summed E-state index contributed by atoms with van der Waals surface area (Å²) < 4.78 is 5.34. The molecule has 6 nitrogen and oxygen atoms in total. The van der Waals surface area contributed by atoms with Crippen molar-refractivity contribution in [3.05, 3.63) is 0 Å². The lowest BCUT2D eigenvalue weighted by atomic mass is 10.1. The van der Waals surface area contributed by atoms with E-state index in [0.717, 1.165) is 12.8 Å². The number of carbonyl (C=O) groups excluding carboxylic acids is 1. The molecule has 0 fully saturated rings. The van der Waals surface area contributed by atoms with Gasteiger partial charge in [-0.1, -0.05) is 0 Å². The van der Waals surface area contributed by atoms with Crippen LogP contribution in [0.5, 0.6) is 0 Å². The lowest BCUT2D eigenvalue weighted by Gasteiger charge is -2.22. The molecular weight excluding hydrogens is 246 g/mol. The van der Waals surface area contributed by atoms with Gasteiger partial charge in [-0.15, -0.1) is 0 Å². The smallest absolute Gasteiger partial charge is 0.331 e. The fourth-order valence-electron chi connectivity index (χ4n) is 1.35. The molecule has 112 valence electrons. The Hall–Kier alpha value is -1.14. The molecule has 0 saturated carbocycles. The van der Waals surface area contributed by atoms with Crippen molar-refractivity contribution in [2.24, 2.45) is 10.7 Å². The zero-order valence-corrected chi connectivity index (χ0v) is 12.4. The standard InChI is InChI=1S/C13H27N3O3/c1-5-18-16-10-15-11(8-6-7-9-14)12(17)19-13(2,3)4/h10-11H,5-9,14H2,1-4H3,(H,15,16)/t11-/m0/s1. The predicted molar refractivity (Wildman–Crippen MR) is 75.8 cm³/mol. The fraction of sp³-hybridized carbons (Fsp3) is 0.846. The molecule has 0 radical (unpaired) electrons. The van der Waals surface area contributed by atoms with Crippen LogP contribution in [0.25, 0.3) is 0 Å². The molecule has 0 amide bonds. The Morgan fingerprint density at radius 3 is 2.63 bits per heavy atom. The second-order valence-electron chi connectivity index (χ2n) is 5.16. The van der Waals surface area contributed by atoms with Gasteiger partial charge >= 0.3 is 5.97 Å². The fourth-order valence-corrected chi connectivity index (χ4v) is 1.35. The second-order valence-corrected chi connectivity index (χ2v) is 5.16. The highest BCUT2D eigenvalue weighted by molar-refractivity contribution is 5.78. The number of nitrogens with zero attached hydrogens (tertiary/aromatic N) is 1. The van der Waals surface area contributed by atoms with E-state index in [2.05, 4.69) is 10.5 Å². The van der Waals surface area contributed by atoms with Gasteiger partial charge in [0.1, 0.15) is 18.0 Å². The van der Waals surface area contributed by atoms with Gasteiger partial charge in [0.05, 0.1) is 6.61 Å². The number of unbranched alkanes of at least 4 members (excludes halogenated alkanes) is 1. The number of nitrogens with one attached hydrogen (secondary N) is 1. The number of aliphatic imine (C=N–C) groups is 1. The van der Waals surface area contributed by atoms with Gasteiger partial charge in [-0.2, -0.15) is 0 Å². The van der Waals surface area contributed by atoms with Crippen LogP contribution >= 0.6 is 0 Å². The Bertz CT molecular complexity index is 275. The van der Waals surface area contributed by atoms with E-state index in [1.165, 1.54) is 6.34 Å². The van der Waals surface area contributed by atoms with Crippen LogP contribution in [0, 0.1) is 0 Å². The van der Waals surface area contributed by atoms with Crippen LogP contribution in [0.2, 0.25) is 0 Å². The highest BCUT2D eigenvalue weighted by Crippen LogP contribution is 2.13. The summed E-state index contributed by atoms with van der Waals surface area (Å²) in [6.07, 6.45) is 3.72. The van der Waals surface area contributed by atoms with Crippen molar-refractivity contribution in [2.45, 2.75) is 58.6 Å². The van der Waals surface area contributed by atoms with Gasteiger partial charge in [-0.05, 0) is 53.5 Å². The third kappa shape index (κ3) is 10.5. The third-order valence-corrected chi connectivity index (χ3v) is 2.15. The Labute approximate surface area is 115 Å². The number of ether oxygens (including phenoxy) is 1. The van der Waals surface area contributed by atoms with E-state index in [1.54, 1.807) is 0 Å². The molecule has 0 aromatic carbocycles. The topological polar surface area (TPSA) is 85.9 Å². The molecule has 0 aliphatic heterocycles. The molecule has 0 aromatic rings. The van der Waals surface area contributed by atoms with Crippen molar-refractivity contribution in [2.75, 3.05) is 13.2 Å². The van der Waals surface area contributed by atoms with Gasteiger partial charge in [0.15, 0.2) is 0 Å². The van der Waals surface area contributed by atoms with Crippen molar-refractivity contribution in [1.29, 1.82) is 0 Å². The molecule has 0 aliphatic rings. The van der Waals surface area contributed by atoms with Crippen LogP contribution in [-0.2, 0) is 14.4 Å². The lowest BCUT2D eigenvalue weighted by Crippen LogP contribution is -2.31. The Morgan fingerprint density at radius 1 is 1.42 bits per heavy atom. The van der Waals surface area contributed by atoms with E-state index < -0.39 is 11.6 Å². The maximum absolute atomic E-state index is 12.0. The summed E-state index contributed by atoms with van der Waals surface area (Å²) in [5.74, 6) is -0.320. The maximum Gasteiger partial charge on any atom is 0.331 e. The summed E-state index contributed by atoms with van der Waals surface area (Å²) in [7, 11) is 0. The summed E-state index contributed by atoms with van der Waals surface area (Å²) in [4.78, 5) is 21.0. The Morgan fingerprint density at radius 2 is 2.11 bits per heavy atom. The molecule has 0 spiro atoms. The summed E-state index contributed by atoms with van der Waals surface area (Å²) in [5, 5.41) is 0. The monoisotopic (exact) mass is 273 g/mol. The molecule has 3 N–H and O–H groups in total. The molecule has 6 heteroatoms. The number of esters is 1. The minimum atomic E-state index is -0.515. The van der Waals surface area contributed by atoms with Crippen molar-refractivity contribution >= 4 is 12.3 Å². The van der Waals surface area contributed by atoms with Crippen molar-refractivity contribution in [3.8, 4) is 0 Å². The van der Waals surface area contributed by atoms with Gasteiger partial charge < -0.3 is 10.5 Å². The molecule has 0 saturated heterocycles. The van der Waals surface area contributed by atoms with E-state index in [9.17, 15) is 4.79 Å². The summed E-state index contributed by atoms with van der Waals surface area (Å²) >= 11 is 0. The molecule has 19 heavy (non-hydrogen) atoms. The van der Waals surface area contributed by atoms with Crippen LogP contribution in [-0.4, -0.2) is 37.1 Å². The second kappa shape index (κ2) is 9.75.